The van der Waals surface area contributed by atoms with Crippen molar-refractivity contribution in [2.45, 2.75) is 127 Å². The number of halogens is 5. The number of amides is 1. The molecule has 0 bridgehead atoms. The summed E-state index contributed by atoms with van der Waals surface area (Å²) in [5, 5.41) is 27.7. The highest BCUT2D eigenvalue weighted by atomic mass is 127. The van der Waals surface area contributed by atoms with Gasteiger partial charge in [0.05, 0.1) is 10.6 Å². The first-order valence-corrected chi connectivity index (χ1v) is 42.4. The maximum atomic E-state index is 12.2. The molecule has 2 aromatic heterocycles. The average Bonchev–Trinajstić information content (AvgIpc) is 1.66. The number of nitrogens with zero attached hydrogens (tertiary/aromatic N) is 9. The van der Waals surface area contributed by atoms with Crippen LogP contribution in [0.2, 0.25) is 0 Å². The van der Waals surface area contributed by atoms with Crippen LogP contribution in [-0.4, -0.2) is 198 Å². The van der Waals surface area contributed by atoms with Gasteiger partial charge in [0, 0.05) is 161 Å². The number of ether oxygens (including phenoxy) is 1. The number of thioether (sulfide) groups is 1. The summed E-state index contributed by atoms with van der Waals surface area (Å²) >= 11 is 19.5. The Hall–Kier alpha value is -4.48. The standard InChI is InChI=1S/C19H23N3S.C17H23BrN2O2.C13H17BrN2.C13H19N3.C12H15BrN2.C6H7NS2.ClH2N.HI/c1-21-8-7-16(13-21)22-9-6-15-11-14(4-5-18(15)22)12-17(20)19-3-2-10-23-19;1-17(2,3)22-16(21)19-8-7-14(11-19)20-9-6-12-10-13(18)4-5-15(12)20;2*1-15-6-5-12(9-15)16-7-4-10-8-11(14)2-3-13(10)16;13-10-1-2-12-9(7-10)4-6-15(12)11-3-5-14-8-11;1-8-6(7)5-3-2-4-9-5;1-2;/h2-5,10-11,16,20H,6-9,12-13H2,1H3;4-5,10,14H,6-9,11H2,1-3H3;2-3,8,12H,4-7,9H2,1H3;2-3,8,12H,4-7,9,14H2,1H3;1-2,7,11,14H,3-6,8H2;2-4,7H,1H3;2H2;1H. The van der Waals surface area contributed by atoms with Crippen LogP contribution in [-0.2, 0) is 43.3 Å². The predicted octanol–water partition coefficient (Wildman–Crippen LogP) is 16.4. The van der Waals surface area contributed by atoms with Crippen LogP contribution >= 0.6 is 118 Å². The van der Waals surface area contributed by atoms with Crippen molar-refractivity contribution >= 4 is 169 Å². The lowest BCUT2D eigenvalue weighted by molar-refractivity contribution is 0.0292. The van der Waals surface area contributed by atoms with Crippen molar-refractivity contribution < 1.29 is 9.53 Å². The van der Waals surface area contributed by atoms with Crippen molar-refractivity contribution in [1.82, 2.24) is 24.9 Å². The first kappa shape index (κ1) is 82.0. The van der Waals surface area contributed by atoms with E-state index in [1.165, 1.54) is 180 Å². The van der Waals surface area contributed by atoms with E-state index in [1.54, 1.807) is 22.7 Å². The van der Waals surface area contributed by atoms with Gasteiger partial charge in [0.15, 0.2) is 0 Å². The lowest BCUT2D eigenvalue weighted by Gasteiger charge is -2.28. The van der Waals surface area contributed by atoms with E-state index in [2.05, 4.69) is 215 Å². The van der Waals surface area contributed by atoms with Crippen LogP contribution < -0.4 is 40.8 Å². The monoisotopic (exact) mass is 1790 g/mol. The number of anilines is 6. The average molecular weight is 1800 g/mol. The molecule has 0 saturated carbocycles. The summed E-state index contributed by atoms with van der Waals surface area (Å²) in [5.41, 5.74) is 22.6. The molecule has 562 valence electrons. The third kappa shape index (κ3) is 21.5. The molecule has 12 heterocycles. The second kappa shape index (κ2) is 38.7. The Morgan fingerprint density at radius 3 is 1.33 bits per heavy atom. The fraction of sp³-hybridized carbons (Fsp3) is 0.487. The highest BCUT2D eigenvalue weighted by Crippen LogP contribution is 2.39. The van der Waals surface area contributed by atoms with Gasteiger partial charge in [-0.2, -0.15) is 0 Å². The quantitative estimate of drug-likeness (QED) is 0.0304. The fourth-order valence-electron chi connectivity index (χ4n) is 16.3. The molecule has 104 heavy (non-hydrogen) atoms. The van der Waals surface area contributed by atoms with Crippen LogP contribution in [0.25, 0.3) is 0 Å². The van der Waals surface area contributed by atoms with Gasteiger partial charge in [-0.25, -0.2) is 10.0 Å². The Kier molecular flexibility index (Phi) is 30.6. The summed E-state index contributed by atoms with van der Waals surface area (Å²) < 4.78 is 9.02. The first-order valence-electron chi connectivity index (χ1n) is 36.6. The van der Waals surface area contributed by atoms with E-state index in [0.717, 1.165) is 103 Å². The minimum Gasteiger partial charge on any atom is -0.444 e. The van der Waals surface area contributed by atoms with Crippen molar-refractivity contribution in [3.63, 3.8) is 0 Å². The molecule has 5 fully saturated rings. The lowest BCUT2D eigenvalue weighted by Crippen LogP contribution is -2.40. The number of nitrogens with one attached hydrogen (secondary N) is 3. The van der Waals surface area contributed by atoms with Gasteiger partial charge in [-0.3, -0.25) is 5.41 Å². The maximum Gasteiger partial charge on any atom is 0.410 e. The van der Waals surface area contributed by atoms with Crippen molar-refractivity contribution in [1.29, 1.82) is 10.8 Å². The molecule has 1 amide bonds. The molecule has 5 aromatic carbocycles. The zero-order chi connectivity index (χ0) is 72.9. The molecule has 17 rings (SSSR count). The molecular weight excluding hydrogens is 1690 g/mol. The van der Waals surface area contributed by atoms with Crippen molar-refractivity contribution in [3.8, 4) is 0 Å². The van der Waals surface area contributed by atoms with E-state index in [-0.39, 0.29) is 30.1 Å². The number of carbonyl (C=O) groups is 1. The van der Waals surface area contributed by atoms with Crippen molar-refractivity contribution in [3.05, 3.63) is 183 Å². The SMILES string of the molecule is Brc1ccc2c(c1)CCN2C1CCNC1.CC(C)(C)OC(=O)N1CCC(N2CCc3cc(Br)ccc32)C1.CN1CCC(N2CCc3cc(Br)ccc32)C1.CN1CCC(N2CCc3cc(CC(=N)c4cccs4)ccc32)C1.CN1CCC(N2CCc3cc(N)ccc32)C1.CSC(=N)c1cccs1.I.NCl. The number of nitrogens with two attached hydrogens (primary N) is 2. The zero-order valence-electron chi connectivity index (χ0n) is 61.5. The van der Waals surface area contributed by atoms with Crippen molar-refractivity contribution in [2.24, 2.45) is 5.25 Å². The first-order chi connectivity index (χ1) is 49.7. The number of thiophene rings is 2. The van der Waals surface area contributed by atoms with Gasteiger partial charge in [-0.15, -0.1) is 58.4 Å². The zero-order valence-corrected chi connectivity index (χ0v) is 71.8. The van der Waals surface area contributed by atoms with Gasteiger partial charge in [0.1, 0.15) is 10.6 Å². The van der Waals surface area contributed by atoms with Crippen LogP contribution in [0.3, 0.4) is 0 Å². The molecule has 7 N–H and O–H groups in total. The van der Waals surface area contributed by atoms with Gasteiger partial charge in [-0.1, -0.05) is 72.1 Å². The molecular formula is C80H107Br3ClIN14O2S3. The number of likely N-dealkylation sites (N-methyl/N-ethyl adjacent to an activating group) is 3. The molecule has 0 radical (unpaired) electrons. The third-order valence-electron chi connectivity index (χ3n) is 21.3. The maximum absolute atomic E-state index is 12.2. The van der Waals surface area contributed by atoms with Crippen LogP contribution in [0.15, 0.2) is 139 Å². The number of carbonyl (C=O) groups excluding carboxylic acids is 1. The van der Waals surface area contributed by atoms with E-state index in [4.69, 9.17) is 21.3 Å². The summed E-state index contributed by atoms with van der Waals surface area (Å²) in [6.07, 6.45) is 14.4. The van der Waals surface area contributed by atoms with Crippen LogP contribution in [0.4, 0.5) is 38.9 Å². The minimum atomic E-state index is -0.429. The van der Waals surface area contributed by atoms with Gasteiger partial charge < -0.3 is 65.3 Å². The summed E-state index contributed by atoms with van der Waals surface area (Å²) in [4.78, 5) is 36.2. The van der Waals surface area contributed by atoms with Crippen molar-refractivity contribution in [2.75, 3.05) is 156 Å². The molecule has 24 heteroatoms. The van der Waals surface area contributed by atoms with Crippen LogP contribution in [0.5, 0.6) is 0 Å². The second-order valence-corrected chi connectivity index (χ2v) is 35.1. The Morgan fingerprint density at radius 2 is 0.933 bits per heavy atom. The van der Waals surface area contributed by atoms with Gasteiger partial charge >= 0.3 is 6.09 Å². The number of hydrogen-bond acceptors (Lipinski definition) is 18. The summed E-state index contributed by atoms with van der Waals surface area (Å²) in [6, 6.07) is 44.3. The van der Waals surface area contributed by atoms with E-state index in [9.17, 15) is 4.79 Å². The molecule has 5 unspecified atom stereocenters. The third-order valence-corrected chi connectivity index (χ3v) is 25.4. The van der Waals surface area contributed by atoms with Gasteiger partial charge in [-0.05, 0) is 285 Å². The molecule has 5 atom stereocenters. The Balaban J connectivity index is 0.000000135. The Labute approximate surface area is 678 Å². The van der Waals surface area contributed by atoms with E-state index >= 15 is 0 Å². The van der Waals surface area contributed by atoms with Crippen LogP contribution in [0.1, 0.15) is 96.0 Å². The number of nitrogen functional groups attached to an aromatic ring is 1. The second-order valence-electron chi connectivity index (χ2n) is 29.7. The molecule has 10 aliphatic rings. The number of benzene rings is 5. The Bertz CT molecular complexity index is 3880. The highest BCUT2D eigenvalue weighted by Gasteiger charge is 2.37. The lowest BCUT2D eigenvalue weighted by atomic mass is 10.0. The molecule has 0 spiro atoms. The smallest absolute Gasteiger partial charge is 0.410 e. The number of fused-ring (bicyclic) bond motifs is 5. The largest absolute Gasteiger partial charge is 0.444 e. The summed E-state index contributed by atoms with van der Waals surface area (Å²) in [6.45, 7) is 22.6. The van der Waals surface area contributed by atoms with E-state index in [0.29, 0.717) is 29.2 Å². The molecule has 5 saturated heterocycles. The van der Waals surface area contributed by atoms with E-state index < -0.39 is 5.60 Å². The van der Waals surface area contributed by atoms with E-state index in [1.807, 2.05) is 73.0 Å². The minimum absolute atomic E-state index is 0. The molecule has 16 nitrogen and oxygen atoms in total. The topological polar surface area (TPSA) is 167 Å². The molecule has 7 aromatic rings. The number of hydrogen-bond donors (Lipinski definition) is 5. The van der Waals surface area contributed by atoms with Gasteiger partial charge in [0.25, 0.3) is 0 Å². The summed E-state index contributed by atoms with van der Waals surface area (Å²) in [7, 11) is 6.65. The Morgan fingerprint density at radius 1 is 0.538 bits per heavy atom. The number of likely N-dealkylation sites (tertiary alicyclic amines) is 4. The van der Waals surface area contributed by atoms with Crippen LogP contribution in [0, 0.1) is 10.8 Å². The summed E-state index contributed by atoms with van der Waals surface area (Å²) in [5.74, 6) is 0. The molecule has 0 aliphatic carbocycles. The number of rotatable bonds is 9. The molecule has 10 aliphatic heterocycles. The predicted molar refractivity (Wildman–Crippen MR) is 465 cm³/mol. The fourth-order valence-corrected chi connectivity index (χ4v) is 19.4. The normalized spacial score (nSPS) is 21.2. The van der Waals surface area contributed by atoms with Gasteiger partial charge in [0.2, 0.25) is 0 Å². The highest BCUT2D eigenvalue weighted by molar-refractivity contribution is 14.0.